The Bertz CT molecular complexity index is 1180. The van der Waals surface area contributed by atoms with Crippen molar-refractivity contribution in [2.75, 3.05) is 26.6 Å². The van der Waals surface area contributed by atoms with Crippen LogP contribution in [-0.4, -0.2) is 38.0 Å². The van der Waals surface area contributed by atoms with Crippen LogP contribution in [0.4, 0.5) is 5.69 Å². The smallest absolute Gasteiger partial charge is 0.278 e. The number of carbonyl (C=O) groups excluding carboxylic acids is 2. The number of imide groups is 1. The number of rotatable bonds is 8. The molecule has 33 heavy (non-hydrogen) atoms. The van der Waals surface area contributed by atoms with Crippen LogP contribution in [-0.2, 0) is 16.1 Å². The standard InChI is InChI=1S/C26H24N2O5/c1-31-20-11-9-18(10-12-20)23-24(27-19-13-21(32-2)15-22(14-19)33-3)26(30)28(25(23)29)16-17-7-5-4-6-8-17/h4-15,27H,16H2,1-3H3. The number of amides is 2. The summed E-state index contributed by atoms with van der Waals surface area (Å²) in [5.41, 5.74) is 2.52. The summed E-state index contributed by atoms with van der Waals surface area (Å²) in [6, 6.07) is 21.6. The summed E-state index contributed by atoms with van der Waals surface area (Å²) in [4.78, 5) is 28.1. The van der Waals surface area contributed by atoms with Crippen LogP contribution in [0.25, 0.3) is 5.57 Å². The zero-order valence-electron chi connectivity index (χ0n) is 18.6. The first-order valence-electron chi connectivity index (χ1n) is 10.3. The summed E-state index contributed by atoms with van der Waals surface area (Å²) in [5, 5.41) is 3.14. The van der Waals surface area contributed by atoms with E-state index in [1.165, 1.54) is 4.90 Å². The number of carbonyl (C=O) groups is 2. The first kappa shape index (κ1) is 22.0. The zero-order valence-corrected chi connectivity index (χ0v) is 18.6. The van der Waals surface area contributed by atoms with Gasteiger partial charge in [0.1, 0.15) is 22.9 Å². The summed E-state index contributed by atoms with van der Waals surface area (Å²) in [5.74, 6) is 0.995. The third-order valence-electron chi connectivity index (χ3n) is 5.35. The third-order valence-corrected chi connectivity index (χ3v) is 5.35. The number of nitrogens with zero attached hydrogens (tertiary/aromatic N) is 1. The maximum Gasteiger partial charge on any atom is 0.278 e. The molecule has 3 aromatic rings. The molecule has 0 unspecified atom stereocenters. The Labute approximate surface area is 192 Å². The van der Waals surface area contributed by atoms with E-state index in [-0.39, 0.29) is 18.1 Å². The summed E-state index contributed by atoms with van der Waals surface area (Å²) in [6.07, 6.45) is 0. The van der Waals surface area contributed by atoms with Crippen LogP contribution in [0.5, 0.6) is 17.2 Å². The lowest BCUT2D eigenvalue weighted by Gasteiger charge is -2.15. The van der Waals surface area contributed by atoms with Crippen LogP contribution in [0.1, 0.15) is 11.1 Å². The number of ether oxygens (including phenoxy) is 3. The number of methoxy groups -OCH3 is 3. The minimum Gasteiger partial charge on any atom is -0.497 e. The van der Waals surface area contributed by atoms with Crippen molar-refractivity contribution < 1.29 is 23.8 Å². The lowest BCUT2D eigenvalue weighted by atomic mass is 10.0. The van der Waals surface area contributed by atoms with Gasteiger partial charge in [-0.2, -0.15) is 0 Å². The molecule has 0 aromatic heterocycles. The maximum absolute atomic E-state index is 13.4. The summed E-state index contributed by atoms with van der Waals surface area (Å²) in [6.45, 7) is 0.171. The Kier molecular flexibility index (Phi) is 6.31. The van der Waals surface area contributed by atoms with Crippen molar-refractivity contribution in [3.63, 3.8) is 0 Å². The van der Waals surface area contributed by atoms with E-state index in [0.717, 1.165) is 5.56 Å². The molecule has 4 rings (SSSR count). The van der Waals surface area contributed by atoms with Gasteiger partial charge >= 0.3 is 0 Å². The third kappa shape index (κ3) is 4.52. The molecule has 2 amide bonds. The van der Waals surface area contributed by atoms with Crippen LogP contribution in [0.2, 0.25) is 0 Å². The maximum atomic E-state index is 13.4. The molecule has 3 aromatic carbocycles. The minimum absolute atomic E-state index is 0.171. The predicted octanol–water partition coefficient (Wildman–Crippen LogP) is 4.10. The SMILES string of the molecule is COc1ccc(C2=C(Nc3cc(OC)cc(OC)c3)C(=O)N(Cc3ccccc3)C2=O)cc1. The number of benzene rings is 3. The summed E-state index contributed by atoms with van der Waals surface area (Å²) >= 11 is 0. The van der Waals surface area contributed by atoms with Gasteiger partial charge in [-0.15, -0.1) is 0 Å². The second-order valence-corrected chi connectivity index (χ2v) is 7.39. The van der Waals surface area contributed by atoms with Crippen molar-refractivity contribution in [3.8, 4) is 17.2 Å². The molecule has 1 heterocycles. The average Bonchev–Trinajstić information content (AvgIpc) is 3.08. The monoisotopic (exact) mass is 444 g/mol. The predicted molar refractivity (Wildman–Crippen MR) is 125 cm³/mol. The van der Waals surface area contributed by atoms with Crippen LogP contribution < -0.4 is 19.5 Å². The van der Waals surface area contributed by atoms with E-state index in [1.54, 1.807) is 63.8 Å². The molecule has 0 spiro atoms. The van der Waals surface area contributed by atoms with Crippen molar-refractivity contribution in [1.29, 1.82) is 0 Å². The molecule has 0 saturated heterocycles. The lowest BCUT2D eigenvalue weighted by molar-refractivity contribution is -0.137. The molecule has 7 nitrogen and oxygen atoms in total. The topological polar surface area (TPSA) is 77.1 Å². The van der Waals surface area contributed by atoms with E-state index in [0.29, 0.717) is 34.1 Å². The van der Waals surface area contributed by atoms with Gasteiger partial charge in [0.25, 0.3) is 11.8 Å². The normalized spacial score (nSPS) is 13.4. The van der Waals surface area contributed by atoms with E-state index >= 15 is 0 Å². The van der Waals surface area contributed by atoms with E-state index in [1.807, 2.05) is 30.3 Å². The van der Waals surface area contributed by atoms with Gasteiger partial charge in [0, 0.05) is 23.9 Å². The number of anilines is 1. The molecule has 0 fully saturated rings. The fraction of sp³-hybridized carbons (Fsp3) is 0.154. The van der Waals surface area contributed by atoms with Crippen molar-refractivity contribution in [2.45, 2.75) is 6.54 Å². The van der Waals surface area contributed by atoms with Gasteiger partial charge in [-0.1, -0.05) is 42.5 Å². The molecule has 0 aliphatic carbocycles. The fourth-order valence-corrected chi connectivity index (χ4v) is 3.65. The molecule has 0 saturated carbocycles. The van der Waals surface area contributed by atoms with Gasteiger partial charge in [0.05, 0.1) is 33.4 Å². The Hall–Kier alpha value is -4.26. The molecular weight excluding hydrogens is 420 g/mol. The number of hydrogen-bond donors (Lipinski definition) is 1. The molecule has 1 aliphatic rings. The highest BCUT2D eigenvalue weighted by Crippen LogP contribution is 2.34. The van der Waals surface area contributed by atoms with E-state index in [9.17, 15) is 9.59 Å². The van der Waals surface area contributed by atoms with E-state index < -0.39 is 5.91 Å². The molecule has 0 bridgehead atoms. The van der Waals surface area contributed by atoms with Crippen molar-refractivity contribution >= 4 is 23.1 Å². The van der Waals surface area contributed by atoms with Crippen LogP contribution >= 0.6 is 0 Å². The first-order chi connectivity index (χ1) is 16.0. The molecule has 168 valence electrons. The van der Waals surface area contributed by atoms with Gasteiger partial charge in [-0.25, -0.2) is 0 Å². The van der Waals surface area contributed by atoms with Crippen LogP contribution in [0.3, 0.4) is 0 Å². The van der Waals surface area contributed by atoms with E-state index in [2.05, 4.69) is 5.32 Å². The Balaban J connectivity index is 1.76. The van der Waals surface area contributed by atoms with Gasteiger partial charge in [0.15, 0.2) is 0 Å². The Morgan fingerprint density at radius 1 is 0.727 bits per heavy atom. The Morgan fingerprint density at radius 3 is 1.91 bits per heavy atom. The quantitative estimate of drug-likeness (QED) is 0.527. The molecule has 1 N–H and O–H groups in total. The summed E-state index contributed by atoms with van der Waals surface area (Å²) in [7, 11) is 4.67. The van der Waals surface area contributed by atoms with Crippen molar-refractivity contribution in [2.24, 2.45) is 0 Å². The van der Waals surface area contributed by atoms with Crippen LogP contribution in [0.15, 0.2) is 78.5 Å². The molecular formula is C26H24N2O5. The molecule has 7 heteroatoms. The Morgan fingerprint density at radius 2 is 1.33 bits per heavy atom. The van der Waals surface area contributed by atoms with Crippen molar-refractivity contribution in [3.05, 3.63) is 89.6 Å². The van der Waals surface area contributed by atoms with E-state index in [4.69, 9.17) is 14.2 Å². The van der Waals surface area contributed by atoms with Gasteiger partial charge in [-0.3, -0.25) is 14.5 Å². The average molecular weight is 444 g/mol. The number of nitrogens with one attached hydrogen (secondary N) is 1. The molecule has 1 aliphatic heterocycles. The fourth-order valence-electron chi connectivity index (χ4n) is 3.65. The minimum atomic E-state index is -0.406. The largest absolute Gasteiger partial charge is 0.497 e. The molecule has 0 radical (unpaired) electrons. The highest BCUT2D eigenvalue weighted by molar-refractivity contribution is 6.36. The number of hydrogen-bond acceptors (Lipinski definition) is 6. The van der Waals surface area contributed by atoms with Gasteiger partial charge in [-0.05, 0) is 23.3 Å². The lowest BCUT2D eigenvalue weighted by Crippen LogP contribution is -2.31. The second kappa shape index (κ2) is 9.48. The summed E-state index contributed by atoms with van der Waals surface area (Å²) < 4.78 is 15.9. The second-order valence-electron chi connectivity index (χ2n) is 7.39. The highest BCUT2D eigenvalue weighted by Gasteiger charge is 2.39. The van der Waals surface area contributed by atoms with Crippen LogP contribution in [0, 0.1) is 0 Å². The van der Waals surface area contributed by atoms with Gasteiger partial charge in [0.2, 0.25) is 0 Å². The molecule has 0 atom stereocenters. The zero-order chi connectivity index (χ0) is 23.4. The van der Waals surface area contributed by atoms with Crippen molar-refractivity contribution in [1.82, 2.24) is 4.90 Å². The van der Waals surface area contributed by atoms with Gasteiger partial charge < -0.3 is 19.5 Å². The first-order valence-corrected chi connectivity index (χ1v) is 10.3. The highest BCUT2D eigenvalue weighted by atomic mass is 16.5.